The smallest absolute Gasteiger partial charge is 0.337 e. The minimum Gasteiger partial charge on any atom is -0.462 e. The molecule has 1 unspecified atom stereocenters. The number of aromatic nitrogens is 2. The van der Waals surface area contributed by atoms with Gasteiger partial charge in [-0.15, -0.1) is 0 Å². The standard InChI is InChI=1S/C16H20N4O6/c1-7(2)6-26-15(22)11-8(3)18-9(4)13(20(24)25)12(11)10-5-17-16(23)19-14(10)21/h5,7,12,18H,6H2,1-4H3,(H2,17,19,21,23). The van der Waals surface area contributed by atoms with Gasteiger partial charge in [0.1, 0.15) is 5.92 Å². The van der Waals surface area contributed by atoms with Crippen LogP contribution in [-0.4, -0.2) is 27.5 Å². The molecule has 10 heteroatoms. The Morgan fingerprint density at radius 2 is 1.96 bits per heavy atom. The summed E-state index contributed by atoms with van der Waals surface area (Å²) in [6.07, 6.45) is 1.08. The minimum absolute atomic E-state index is 0.0412. The molecule has 2 heterocycles. The molecule has 10 nitrogen and oxygen atoms in total. The lowest BCUT2D eigenvalue weighted by atomic mass is 9.85. The van der Waals surface area contributed by atoms with Crippen LogP contribution < -0.4 is 16.6 Å². The third-order valence-electron chi connectivity index (χ3n) is 3.85. The Morgan fingerprint density at radius 3 is 2.50 bits per heavy atom. The number of esters is 1. The van der Waals surface area contributed by atoms with Crippen molar-refractivity contribution in [1.82, 2.24) is 15.3 Å². The van der Waals surface area contributed by atoms with Crippen LogP contribution in [0.15, 0.2) is 38.5 Å². The topological polar surface area (TPSA) is 147 Å². The van der Waals surface area contributed by atoms with Gasteiger partial charge in [0.25, 0.3) is 11.3 Å². The Hall–Kier alpha value is -3.17. The zero-order valence-electron chi connectivity index (χ0n) is 14.8. The molecule has 2 rings (SSSR count). The van der Waals surface area contributed by atoms with Gasteiger partial charge in [-0.2, -0.15) is 0 Å². The first-order chi connectivity index (χ1) is 12.1. The first kappa shape index (κ1) is 19.2. The summed E-state index contributed by atoms with van der Waals surface area (Å²) in [5.74, 6) is -1.96. The van der Waals surface area contributed by atoms with E-state index >= 15 is 0 Å². The van der Waals surface area contributed by atoms with E-state index in [0.717, 1.165) is 6.20 Å². The number of allylic oxidation sites excluding steroid dienone is 3. The quantitative estimate of drug-likeness (QED) is 0.396. The van der Waals surface area contributed by atoms with E-state index in [0.29, 0.717) is 5.70 Å². The third kappa shape index (κ3) is 3.73. The second-order valence-corrected chi connectivity index (χ2v) is 6.38. The lowest BCUT2D eigenvalue weighted by Gasteiger charge is -2.26. The number of hydrogen-bond acceptors (Lipinski definition) is 7. The van der Waals surface area contributed by atoms with Crippen LogP contribution in [0.25, 0.3) is 0 Å². The van der Waals surface area contributed by atoms with Crippen molar-refractivity contribution in [3.8, 4) is 0 Å². The number of nitro groups is 1. The number of nitrogens with zero attached hydrogens (tertiary/aromatic N) is 1. The Kier molecular flexibility index (Phi) is 5.44. The lowest BCUT2D eigenvalue weighted by Crippen LogP contribution is -2.36. The van der Waals surface area contributed by atoms with Crippen LogP contribution in [0.3, 0.4) is 0 Å². The zero-order valence-corrected chi connectivity index (χ0v) is 14.8. The van der Waals surface area contributed by atoms with Crippen LogP contribution in [0.5, 0.6) is 0 Å². The molecule has 0 aliphatic carbocycles. The summed E-state index contributed by atoms with van der Waals surface area (Å²) >= 11 is 0. The molecule has 0 fully saturated rings. The van der Waals surface area contributed by atoms with Crippen molar-refractivity contribution in [1.29, 1.82) is 0 Å². The van der Waals surface area contributed by atoms with Gasteiger partial charge in [0.15, 0.2) is 0 Å². The molecule has 0 bridgehead atoms. The van der Waals surface area contributed by atoms with Crippen molar-refractivity contribution in [2.45, 2.75) is 33.6 Å². The molecular formula is C16H20N4O6. The maximum absolute atomic E-state index is 12.6. The van der Waals surface area contributed by atoms with E-state index in [-0.39, 0.29) is 35.1 Å². The number of carbonyl (C=O) groups is 1. The number of carbonyl (C=O) groups excluding carboxylic acids is 1. The number of dihydropyridines is 1. The Bertz CT molecular complexity index is 921. The molecule has 3 N–H and O–H groups in total. The van der Waals surface area contributed by atoms with E-state index in [1.165, 1.54) is 6.92 Å². The highest BCUT2D eigenvalue weighted by Crippen LogP contribution is 2.37. The van der Waals surface area contributed by atoms with Gasteiger partial charge in [0, 0.05) is 11.9 Å². The predicted molar refractivity (Wildman–Crippen MR) is 91.8 cm³/mol. The fourth-order valence-corrected chi connectivity index (χ4v) is 2.75. The molecule has 1 aliphatic heterocycles. The molecule has 140 valence electrons. The Balaban J connectivity index is 2.65. The predicted octanol–water partition coefficient (Wildman–Crippen LogP) is 0.731. The van der Waals surface area contributed by atoms with Gasteiger partial charge in [-0.1, -0.05) is 13.8 Å². The maximum atomic E-state index is 12.6. The average molecular weight is 364 g/mol. The van der Waals surface area contributed by atoms with Gasteiger partial charge in [0.05, 0.1) is 28.4 Å². The van der Waals surface area contributed by atoms with Crippen LogP contribution in [0.4, 0.5) is 0 Å². The summed E-state index contributed by atoms with van der Waals surface area (Å²) in [4.78, 5) is 51.4. The van der Waals surface area contributed by atoms with Gasteiger partial charge >= 0.3 is 11.7 Å². The number of aromatic amines is 2. The fourth-order valence-electron chi connectivity index (χ4n) is 2.75. The molecule has 1 atom stereocenters. The number of hydrogen-bond donors (Lipinski definition) is 3. The molecule has 0 aromatic carbocycles. The van der Waals surface area contributed by atoms with E-state index in [2.05, 4.69) is 10.3 Å². The Morgan fingerprint density at radius 1 is 1.31 bits per heavy atom. The lowest BCUT2D eigenvalue weighted by molar-refractivity contribution is -0.431. The molecule has 0 saturated heterocycles. The first-order valence-electron chi connectivity index (χ1n) is 7.95. The largest absolute Gasteiger partial charge is 0.462 e. The van der Waals surface area contributed by atoms with E-state index in [1.54, 1.807) is 6.92 Å². The highest BCUT2D eigenvalue weighted by molar-refractivity contribution is 5.92. The Labute approximate surface area is 148 Å². The summed E-state index contributed by atoms with van der Waals surface area (Å²) in [6, 6.07) is 0. The van der Waals surface area contributed by atoms with E-state index in [1.807, 2.05) is 18.8 Å². The third-order valence-corrected chi connectivity index (χ3v) is 3.85. The molecule has 0 radical (unpaired) electrons. The molecule has 0 saturated carbocycles. The summed E-state index contributed by atoms with van der Waals surface area (Å²) in [5, 5.41) is 14.4. The zero-order chi connectivity index (χ0) is 19.6. The van der Waals surface area contributed by atoms with Crippen molar-refractivity contribution in [3.63, 3.8) is 0 Å². The summed E-state index contributed by atoms with van der Waals surface area (Å²) in [7, 11) is 0. The number of nitrogens with one attached hydrogen (secondary N) is 3. The summed E-state index contributed by atoms with van der Waals surface area (Å²) in [6.45, 7) is 6.87. The van der Waals surface area contributed by atoms with Crippen LogP contribution in [0, 0.1) is 16.0 Å². The SMILES string of the molecule is CC1=C(C(=O)OCC(C)C)C(c2c[nH]c(=O)[nH]c2=O)C([N+](=O)[O-])=C(C)N1. The van der Waals surface area contributed by atoms with Crippen molar-refractivity contribution in [2.24, 2.45) is 5.92 Å². The molecule has 0 spiro atoms. The molecule has 0 amide bonds. The second kappa shape index (κ2) is 7.38. The minimum atomic E-state index is -1.27. The van der Waals surface area contributed by atoms with Gasteiger partial charge in [0.2, 0.25) is 0 Å². The highest BCUT2D eigenvalue weighted by atomic mass is 16.6. The highest BCUT2D eigenvalue weighted by Gasteiger charge is 2.42. The molecule has 1 aromatic rings. The normalized spacial score (nSPS) is 17.3. The summed E-state index contributed by atoms with van der Waals surface area (Å²) < 4.78 is 5.23. The fraction of sp³-hybridized carbons (Fsp3) is 0.438. The van der Waals surface area contributed by atoms with Crippen molar-refractivity contribution in [3.05, 3.63) is 65.4 Å². The van der Waals surface area contributed by atoms with Crippen molar-refractivity contribution in [2.75, 3.05) is 6.61 Å². The van der Waals surface area contributed by atoms with Gasteiger partial charge in [-0.05, 0) is 19.8 Å². The van der Waals surface area contributed by atoms with Crippen molar-refractivity contribution >= 4 is 5.97 Å². The van der Waals surface area contributed by atoms with E-state index in [4.69, 9.17) is 4.74 Å². The van der Waals surface area contributed by atoms with Crippen molar-refractivity contribution < 1.29 is 14.5 Å². The van der Waals surface area contributed by atoms with Crippen LogP contribution in [-0.2, 0) is 9.53 Å². The number of H-pyrrole nitrogens is 2. The number of rotatable bonds is 5. The van der Waals surface area contributed by atoms with Gasteiger partial charge in [-0.25, -0.2) is 9.59 Å². The second-order valence-electron chi connectivity index (χ2n) is 6.38. The maximum Gasteiger partial charge on any atom is 0.337 e. The van der Waals surface area contributed by atoms with Gasteiger partial charge in [-0.3, -0.25) is 19.9 Å². The molecule has 1 aromatic heterocycles. The van der Waals surface area contributed by atoms with Crippen LogP contribution in [0.1, 0.15) is 39.2 Å². The monoisotopic (exact) mass is 364 g/mol. The first-order valence-corrected chi connectivity index (χ1v) is 7.95. The summed E-state index contributed by atoms with van der Waals surface area (Å²) in [5.41, 5.74) is -1.53. The number of ether oxygens (including phenoxy) is 1. The average Bonchev–Trinajstić information content (AvgIpc) is 2.51. The van der Waals surface area contributed by atoms with Crippen LogP contribution >= 0.6 is 0 Å². The molecule has 26 heavy (non-hydrogen) atoms. The molecule has 1 aliphatic rings. The van der Waals surface area contributed by atoms with E-state index < -0.39 is 28.1 Å². The molecular weight excluding hydrogens is 344 g/mol. The van der Waals surface area contributed by atoms with E-state index in [9.17, 15) is 24.5 Å². The van der Waals surface area contributed by atoms with Crippen LogP contribution in [0.2, 0.25) is 0 Å². The van der Waals surface area contributed by atoms with Gasteiger partial charge < -0.3 is 15.0 Å².